The number of aliphatic hydroxyl groups is 1. The van der Waals surface area contributed by atoms with Gasteiger partial charge >= 0.3 is 0 Å². The van der Waals surface area contributed by atoms with Gasteiger partial charge in [-0.2, -0.15) is 0 Å². The molecule has 1 aromatic rings. The highest BCUT2D eigenvalue weighted by atomic mass is 32.2. The van der Waals surface area contributed by atoms with Crippen molar-refractivity contribution in [3.63, 3.8) is 0 Å². The quantitative estimate of drug-likeness (QED) is 0.809. The van der Waals surface area contributed by atoms with Crippen LogP contribution in [0.1, 0.15) is 37.7 Å². The van der Waals surface area contributed by atoms with Crippen LogP contribution in [0.3, 0.4) is 0 Å². The van der Waals surface area contributed by atoms with Crippen molar-refractivity contribution >= 4 is 11.8 Å². The van der Waals surface area contributed by atoms with Crippen LogP contribution in [-0.2, 0) is 6.54 Å². The molecule has 3 N–H and O–H groups in total. The van der Waals surface area contributed by atoms with Crippen molar-refractivity contribution in [3.05, 3.63) is 29.8 Å². The Hall–Kier alpha value is -0.510. The second-order valence-electron chi connectivity index (χ2n) is 4.92. The molecule has 0 unspecified atom stereocenters. The maximum absolute atomic E-state index is 10.4. The van der Waals surface area contributed by atoms with Gasteiger partial charge < -0.3 is 10.8 Å². The summed E-state index contributed by atoms with van der Waals surface area (Å²) in [5.74, 6) is 0.814. The lowest BCUT2D eigenvalue weighted by molar-refractivity contribution is 0.0273. The Morgan fingerprint density at radius 2 is 1.76 bits per heavy atom. The summed E-state index contributed by atoms with van der Waals surface area (Å²) in [4.78, 5) is 1.22. The Morgan fingerprint density at radius 1 is 1.12 bits per heavy atom. The zero-order chi connectivity index (χ0) is 12.1. The van der Waals surface area contributed by atoms with E-state index in [1.165, 1.54) is 24.2 Å². The summed E-state index contributed by atoms with van der Waals surface area (Å²) < 4.78 is 0. The van der Waals surface area contributed by atoms with E-state index in [1.807, 2.05) is 0 Å². The van der Waals surface area contributed by atoms with Crippen LogP contribution in [0.5, 0.6) is 0 Å². The first-order chi connectivity index (χ1) is 8.22. The van der Waals surface area contributed by atoms with E-state index in [0.717, 1.165) is 24.2 Å². The maximum atomic E-state index is 10.4. The van der Waals surface area contributed by atoms with Crippen molar-refractivity contribution in [1.29, 1.82) is 0 Å². The van der Waals surface area contributed by atoms with E-state index in [9.17, 15) is 5.11 Å². The van der Waals surface area contributed by atoms with Gasteiger partial charge in [0.15, 0.2) is 0 Å². The number of benzene rings is 1. The van der Waals surface area contributed by atoms with Crippen LogP contribution in [-0.4, -0.2) is 16.5 Å². The number of hydrogen-bond acceptors (Lipinski definition) is 3. The number of nitrogens with two attached hydrogens (primary N) is 1. The molecule has 2 rings (SSSR count). The highest BCUT2D eigenvalue weighted by molar-refractivity contribution is 7.99. The van der Waals surface area contributed by atoms with Gasteiger partial charge in [0.1, 0.15) is 0 Å². The molecular formula is C14H21NOS. The summed E-state index contributed by atoms with van der Waals surface area (Å²) in [6.45, 7) is 0.592. The normalized spacial score (nSPS) is 19.2. The Labute approximate surface area is 108 Å². The summed E-state index contributed by atoms with van der Waals surface area (Å²) in [7, 11) is 0. The Balaban J connectivity index is 1.87. The number of thioether (sulfide) groups is 1. The van der Waals surface area contributed by atoms with E-state index < -0.39 is 5.60 Å². The molecule has 94 valence electrons. The summed E-state index contributed by atoms with van der Waals surface area (Å²) in [5, 5.41) is 10.4. The average Bonchev–Trinajstić information content (AvgIpc) is 2.38. The van der Waals surface area contributed by atoms with Gasteiger partial charge in [0.2, 0.25) is 0 Å². The van der Waals surface area contributed by atoms with E-state index in [2.05, 4.69) is 24.3 Å². The zero-order valence-electron chi connectivity index (χ0n) is 10.2. The molecule has 1 fully saturated rings. The van der Waals surface area contributed by atoms with E-state index in [1.54, 1.807) is 11.8 Å². The summed E-state index contributed by atoms with van der Waals surface area (Å²) in [5.41, 5.74) is 6.29. The first-order valence-electron chi connectivity index (χ1n) is 6.36. The van der Waals surface area contributed by atoms with E-state index in [0.29, 0.717) is 6.54 Å². The minimum Gasteiger partial charge on any atom is -0.389 e. The monoisotopic (exact) mass is 251 g/mol. The molecule has 2 nitrogen and oxygen atoms in total. The van der Waals surface area contributed by atoms with Crippen molar-refractivity contribution < 1.29 is 5.11 Å². The predicted octanol–water partition coefficient (Wildman–Crippen LogP) is 2.93. The lowest BCUT2D eigenvalue weighted by atomic mass is 9.86. The lowest BCUT2D eigenvalue weighted by Crippen LogP contribution is -2.33. The van der Waals surface area contributed by atoms with Crippen LogP contribution in [0.15, 0.2) is 29.2 Å². The first-order valence-corrected chi connectivity index (χ1v) is 7.35. The van der Waals surface area contributed by atoms with Crippen molar-refractivity contribution in [2.45, 2.75) is 49.1 Å². The molecule has 0 amide bonds. The van der Waals surface area contributed by atoms with Crippen molar-refractivity contribution in [2.24, 2.45) is 5.73 Å². The molecule has 0 spiro atoms. The fourth-order valence-electron chi connectivity index (χ4n) is 2.29. The molecule has 1 aliphatic carbocycles. The molecule has 17 heavy (non-hydrogen) atoms. The topological polar surface area (TPSA) is 46.2 Å². The summed E-state index contributed by atoms with van der Waals surface area (Å²) >= 11 is 1.75. The molecule has 1 saturated carbocycles. The van der Waals surface area contributed by atoms with Gasteiger partial charge in [-0.3, -0.25) is 0 Å². The van der Waals surface area contributed by atoms with Crippen molar-refractivity contribution in [1.82, 2.24) is 0 Å². The molecule has 0 atom stereocenters. The molecule has 0 aromatic heterocycles. The van der Waals surface area contributed by atoms with Gasteiger partial charge in [0.25, 0.3) is 0 Å². The third-order valence-electron chi connectivity index (χ3n) is 3.45. The Bertz CT molecular complexity index is 344. The second kappa shape index (κ2) is 5.89. The minimum absolute atomic E-state index is 0.435. The summed E-state index contributed by atoms with van der Waals surface area (Å²) in [6, 6.07) is 8.32. The molecule has 0 radical (unpaired) electrons. The molecule has 3 heteroatoms. The first kappa shape index (κ1) is 12.9. The highest BCUT2D eigenvalue weighted by Crippen LogP contribution is 2.33. The average molecular weight is 251 g/mol. The van der Waals surface area contributed by atoms with Gasteiger partial charge in [-0.25, -0.2) is 0 Å². The third kappa shape index (κ3) is 3.73. The van der Waals surface area contributed by atoms with Gasteiger partial charge in [-0.15, -0.1) is 11.8 Å². The van der Waals surface area contributed by atoms with Crippen LogP contribution in [0.4, 0.5) is 0 Å². The van der Waals surface area contributed by atoms with Gasteiger partial charge in [0.05, 0.1) is 5.60 Å². The summed E-state index contributed by atoms with van der Waals surface area (Å²) in [6.07, 6.45) is 5.53. The Morgan fingerprint density at radius 3 is 2.35 bits per heavy atom. The molecule has 0 bridgehead atoms. The van der Waals surface area contributed by atoms with Gasteiger partial charge in [0, 0.05) is 17.2 Å². The van der Waals surface area contributed by atoms with Crippen LogP contribution >= 0.6 is 11.8 Å². The molecule has 1 aliphatic rings. The maximum Gasteiger partial charge on any atom is 0.0741 e. The van der Waals surface area contributed by atoms with Crippen LogP contribution in [0, 0.1) is 0 Å². The van der Waals surface area contributed by atoms with Crippen molar-refractivity contribution in [3.8, 4) is 0 Å². The van der Waals surface area contributed by atoms with Crippen LogP contribution in [0.25, 0.3) is 0 Å². The third-order valence-corrected chi connectivity index (χ3v) is 4.74. The standard InChI is InChI=1S/C14H21NOS/c15-10-12-4-6-13(7-5-12)17-11-14(16)8-2-1-3-9-14/h4-7,16H,1-3,8-11,15H2. The van der Waals surface area contributed by atoms with Crippen LogP contribution in [0.2, 0.25) is 0 Å². The SMILES string of the molecule is NCc1ccc(SCC2(O)CCCCC2)cc1. The largest absolute Gasteiger partial charge is 0.389 e. The second-order valence-corrected chi connectivity index (χ2v) is 5.97. The van der Waals surface area contributed by atoms with E-state index in [-0.39, 0.29) is 0 Å². The van der Waals surface area contributed by atoms with E-state index in [4.69, 9.17) is 5.73 Å². The highest BCUT2D eigenvalue weighted by Gasteiger charge is 2.28. The molecule has 1 aromatic carbocycles. The minimum atomic E-state index is -0.435. The van der Waals surface area contributed by atoms with Crippen LogP contribution < -0.4 is 5.73 Å². The molecule has 0 saturated heterocycles. The fourth-order valence-corrected chi connectivity index (χ4v) is 3.35. The number of rotatable bonds is 4. The fraction of sp³-hybridized carbons (Fsp3) is 0.571. The Kier molecular flexibility index (Phi) is 4.48. The molecule has 0 heterocycles. The van der Waals surface area contributed by atoms with Crippen molar-refractivity contribution in [2.75, 3.05) is 5.75 Å². The smallest absolute Gasteiger partial charge is 0.0741 e. The van der Waals surface area contributed by atoms with E-state index >= 15 is 0 Å². The van der Waals surface area contributed by atoms with Gasteiger partial charge in [-0.1, -0.05) is 31.4 Å². The predicted molar refractivity (Wildman–Crippen MR) is 73.1 cm³/mol. The zero-order valence-corrected chi connectivity index (χ0v) is 11.0. The lowest BCUT2D eigenvalue weighted by Gasteiger charge is -2.31. The van der Waals surface area contributed by atoms with Gasteiger partial charge in [-0.05, 0) is 30.5 Å². The molecule has 0 aliphatic heterocycles. The number of hydrogen-bond donors (Lipinski definition) is 2. The molecular weight excluding hydrogens is 230 g/mol.